The second kappa shape index (κ2) is 4.23. The fraction of sp³-hybridized carbons (Fsp3) is 0.417. The van der Waals surface area contributed by atoms with E-state index in [1.165, 1.54) is 0 Å². The predicted octanol–water partition coefficient (Wildman–Crippen LogP) is 2.85. The molecule has 80 valence electrons. The lowest BCUT2D eigenvalue weighted by molar-refractivity contribution is -0.129. The molecule has 1 aromatic carbocycles. The first-order valence-corrected chi connectivity index (χ1v) is 5.58. The van der Waals surface area contributed by atoms with E-state index >= 15 is 0 Å². The van der Waals surface area contributed by atoms with Crippen LogP contribution in [-0.4, -0.2) is 16.8 Å². The summed E-state index contributed by atoms with van der Waals surface area (Å²) < 4.78 is 0. The second-order valence-corrected chi connectivity index (χ2v) is 4.47. The van der Waals surface area contributed by atoms with Gasteiger partial charge in [-0.1, -0.05) is 23.7 Å². The van der Waals surface area contributed by atoms with E-state index in [1.54, 1.807) is 0 Å². The maximum Gasteiger partial charge on any atom is 0.223 e. The summed E-state index contributed by atoms with van der Waals surface area (Å²) in [6.45, 7) is 2.80. The molecular formula is C12H14ClNO. The number of amides is 1. The monoisotopic (exact) mass is 223 g/mol. The van der Waals surface area contributed by atoms with Crippen LogP contribution in [0.5, 0.6) is 0 Å². The van der Waals surface area contributed by atoms with Gasteiger partial charge in [0.15, 0.2) is 0 Å². The van der Waals surface area contributed by atoms with Crippen LogP contribution in [-0.2, 0) is 11.3 Å². The van der Waals surface area contributed by atoms with Gasteiger partial charge < -0.3 is 4.90 Å². The van der Waals surface area contributed by atoms with Gasteiger partial charge in [0.2, 0.25) is 5.91 Å². The van der Waals surface area contributed by atoms with Crippen molar-refractivity contribution in [3.63, 3.8) is 0 Å². The van der Waals surface area contributed by atoms with Crippen LogP contribution in [0.2, 0.25) is 5.02 Å². The standard InChI is InChI=1S/C12H14ClNO/c1-9-2-7-12(15)14(9)8-10-3-5-11(13)6-4-10/h3-6,9H,2,7-8H2,1H3/t9-/m1/s1. The zero-order valence-electron chi connectivity index (χ0n) is 8.74. The Balaban J connectivity index is 2.08. The Morgan fingerprint density at radius 3 is 2.60 bits per heavy atom. The number of rotatable bonds is 2. The van der Waals surface area contributed by atoms with Crippen molar-refractivity contribution in [2.45, 2.75) is 32.4 Å². The minimum absolute atomic E-state index is 0.262. The lowest BCUT2D eigenvalue weighted by Gasteiger charge is -2.21. The summed E-state index contributed by atoms with van der Waals surface area (Å²) in [5.74, 6) is 0.262. The molecule has 15 heavy (non-hydrogen) atoms. The van der Waals surface area contributed by atoms with E-state index in [0.29, 0.717) is 19.0 Å². The average Bonchev–Trinajstić information content (AvgIpc) is 2.53. The van der Waals surface area contributed by atoms with E-state index in [9.17, 15) is 4.79 Å². The lowest BCUT2D eigenvalue weighted by atomic mass is 10.2. The van der Waals surface area contributed by atoms with Gasteiger partial charge in [0.1, 0.15) is 0 Å². The van der Waals surface area contributed by atoms with Crippen LogP contribution >= 0.6 is 11.6 Å². The van der Waals surface area contributed by atoms with Crippen molar-refractivity contribution in [2.24, 2.45) is 0 Å². The van der Waals surface area contributed by atoms with Gasteiger partial charge in [-0.3, -0.25) is 4.79 Å². The maximum absolute atomic E-state index is 11.6. The Kier molecular flexibility index (Phi) is 2.96. The van der Waals surface area contributed by atoms with Crippen LogP contribution in [0.1, 0.15) is 25.3 Å². The number of carbonyl (C=O) groups excluding carboxylic acids is 1. The third-order valence-corrected chi connectivity index (χ3v) is 3.15. The molecule has 1 amide bonds. The molecule has 0 unspecified atom stereocenters. The maximum atomic E-state index is 11.6. The summed E-state index contributed by atoms with van der Waals surface area (Å²) in [6.07, 6.45) is 1.67. The summed E-state index contributed by atoms with van der Waals surface area (Å²) in [7, 11) is 0. The number of likely N-dealkylation sites (tertiary alicyclic amines) is 1. The van der Waals surface area contributed by atoms with Crippen LogP contribution in [0.15, 0.2) is 24.3 Å². The molecule has 0 spiro atoms. The van der Waals surface area contributed by atoms with Gasteiger partial charge in [0.25, 0.3) is 0 Å². The van der Waals surface area contributed by atoms with Crippen molar-refractivity contribution in [3.8, 4) is 0 Å². The van der Waals surface area contributed by atoms with Crippen LogP contribution in [0.4, 0.5) is 0 Å². The second-order valence-electron chi connectivity index (χ2n) is 4.04. The molecule has 1 aliphatic rings. The highest BCUT2D eigenvalue weighted by Crippen LogP contribution is 2.21. The largest absolute Gasteiger partial charge is 0.336 e. The quantitative estimate of drug-likeness (QED) is 0.755. The smallest absolute Gasteiger partial charge is 0.223 e. The number of hydrogen-bond donors (Lipinski definition) is 0. The van der Waals surface area contributed by atoms with E-state index in [0.717, 1.165) is 17.0 Å². The van der Waals surface area contributed by atoms with Gasteiger partial charge in [-0.25, -0.2) is 0 Å². The third kappa shape index (κ3) is 2.32. The fourth-order valence-electron chi connectivity index (χ4n) is 1.91. The summed E-state index contributed by atoms with van der Waals surface area (Å²) in [5, 5.41) is 0.736. The lowest BCUT2D eigenvalue weighted by Crippen LogP contribution is -2.30. The summed E-state index contributed by atoms with van der Waals surface area (Å²) >= 11 is 5.81. The molecule has 1 saturated heterocycles. The van der Waals surface area contributed by atoms with Crippen LogP contribution in [0.3, 0.4) is 0 Å². The van der Waals surface area contributed by atoms with Crippen molar-refractivity contribution in [1.29, 1.82) is 0 Å². The molecule has 1 atom stereocenters. The van der Waals surface area contributed by atoms with Gasteiger partial charge in [-0.2, -0.15) is 0 Å². The Bertz CT molecular complexity index is 360. The van der Waals surface area contributed by atoms with Gasteiger partial charge in [0.05, 0.1) is 0 Å². The molecule has 3 heteroatoms. The average molecular weight is 224 g/mol. The van der Waals surface area contributed by atoms with E-state index < -0.39 is 0 Å². The first-order chi connectivity index (χ1) is 7.16. The molecule has 0 saturated carbocycles. The molecule has 2 nitrogen and oxygen atoms in total. The summed E-state index contributed by atoms with van der Waals surface area (Å²) in [5.41, 5.74) is 1.14. The Hall–Kier alpha value is -1.02. The molecule has 0 radical (unpaired) electrons. The fourth-order valence-corrected chi connectivity index (χ4v) is 2.03. The zero-order valence-corrected chi connectivity index (χ0v) is 9.50. The van der Waals surface area contributed by atoms with Crippen LogP contribution < -0.4 is 0 Å². The Morgan fingerprint density at radius 1 is 1.40 bits per heavy atom. The summed E-state index contributed by atoms with van der Waals surface area (Å²) in [4.78, 5) is 13.5. The van der Waals surface area contributed by atoms with Gasteiger partial charge in [-0.05, 0) is 31.0 Å². The van der Waals surface area contributed by atoms with Gasteiger partial charge in [-0.15, -0.1) is 0 Å². The van der Waals surface area contributed by atoms with E-state index in [4.69, 9.17) is 11.6 Å². The molecule has 0 aliphatic carbocycles. The molecule has 1 heterocycles. The summed E-state index contributed by atoms with van der Waals surface area (Å²) in [6, 6.07) is 8.04. The highest BCUT2D eigenvalue weighted by atomic mass is 35.5. The van der Waals surface area contributed by atoms with Crippen molar-refractivity contribution in [2.75, 3.05) is 0 Å². The van der Waals surface area contributed by atoms with Gasteiger partial charge in [0, 0.05) is 24.0 Å². The minimum atomic E-state index is 0.262. The number of hydrogen-bond acceptors (Lipinski definition) is 1. The van der Waals surface area contributed by atoms with E-state index in [1.807, 2.05) is 29.2 Å². The first-order valence-electron chi connectivity index (χ1n) is 5.21. The highest BCUT2D eigenvalue weighted by Gasteiger charge is 2.26. The first kappa shape index (κ1) is 10.5. The molecule has 1 aromatic rings. The molecule has 1 aliphatic heterocycles. The topological polar surface area (TPSA) is 20.3 Å². The number of benzene rings is 1. The van der Waals surface area contributed by atoms with Crippen molar-refractivity contribution in [1.82, 2.24) is 4.90 Å². The van der Waals surface area contributed by atoms with E-state index in [2.05, 4.69) is 6.92 Å². The molecular weight excluding hydrogens is 210 g/mol. The Morgan fingerprint density at radius 2 is 2.07 bits per heavy atom. The molecule has 1 fully saturated rings. The van der Waals surface area contributed by atoms with Crippen molar-refractivity contribution in [3.05, 3.63) is 34.9 Å². The van der Waals surface area contributed by atoms with Crippen molar-refractivity contribution < 1.29 is 4.79 Å². The number of halogens is 1. The van der Waals surface area contributed by atoms with Crippen LogP contribution in [0.25, 0.3) is 0 Å². The number of carbonyl (C=O) groups is 1. The predicted molar refractivity (Wildman–Crippen MR) is 60.7 cm³/mol. The molecule has 2 rings (SSSR count). The Labute approximate surface area is 94.8 Å². The van der Waals surface area contributed by atoms with Crippen LogP contribution in [0, 0.1) is 0 Å². The van der Waals surface area contributed by atoms with E-state index in [-0.39, 0.29) is 5.91 Å². The molecule has 0 N–H and O–H groups in total. The number of nitrogens with zero attached hydrogens (tertiary/aromatic N) is 1. The minimum Gasteiger partial charge on any atom is -0.336 e. The zero-order chi connectivity index (χ0) is 10.8. The highest BCUT2D eigenvalue weighted by molar-refractivity contribution is 6.30. The molecule has 0 aromatic heterocycles. The third-order valence-electron chi connectivity index (χ3n) is 2.89. The van der Waals surface area contributed by atoms with Gasteiger partial charge >= 0.3 is 0 Å². The normalized spacial score (nSPS) is 21.1. The van der Waals surface area contributed by atoms with Crippen molar-refractivity contribution >= 4 is 17.5 Å². The molecule has 0 bridgehead atoms. The SMILES string of the molecule is C[C@@H]1CCC(=O)N1Cc1ccc(Cl)cc1.